The molecule has 2 aromatic rings. The van der Waals surface area contributed by atoms with Crippen LogP contribution in [0, 0.1) is 11.6 Å². The van der Waals surface area contributed by atoms with Crippen molar-refractivity contribution in [3.8, 4) is 11.1 Å². The van der Waals surface area contributed by atoms with Crippen LogP contribution in [0.4, 0.5) is 8.78 Å². The van der Waals surface area contributed by atoms with Gasteiger partial charge in [-0.25, -0.2) is 18.4 Å². The third-order valence-electron chi connectivity index (χ3n) is 2.72. The number of carboxylic acids is 2. The highest BCUT2D eigenvalue weighted by molar-refractivity contribution is 5.90. The number of hydrogen-bond donors (Lipinski definition) is 2. The minimum atomic E-state index is -1.31. The van der Waals surface area contributed by atoms with Crippen LogP contribution < -0.4 is 0 Å². The summed E-state index contributed by atoms with van der Waals surface area (Å²) in [4.78, 5) is 21.5. The van der Waals surface area contributed by atoms with Crippen molar-refractivity contribution in [3.63, 3.8) is 0 Å². The first-order valence-electron chi connectivity index (χ1n) is 5.46. The zero-order valence-electron chi connectivity index (χ0n) is 9.93. The van der Waals surface area contributed by atoms with Crippen molar-refractivity contribution < 1.29 is 28.6 Å². The van der Waals surface area contributed by atoms with Crippen molar-refractivity contribution in [2.75, 3.05) is 0 Å². The molecule has 102 valence electrons. The summed E-state index contributed by atoms with van der Waals surface area (Å²) in [6, 6.07) is 5.95. The van der Waals surface area contributed by atoms with E-state index in [0.29, 0.717) is 0 Å². The molecule has 0 aliphatic heterocycles. The van der Waals surface area contributed by atoms with Gasteiger partial charge in [0.15, 0.2) is 0 Å². The summed E-state index contributed by atoms with van der Waals surface area (Å²) in [6.07, 6.45) is 0. The van der Waals surface area contributed by atoms with Crippen molar-refractivity contribution >= 4 is 11.9 Å². The topological polar surface area (TPSA) is 74.6 Å². The summed E-state index contributed by atoms with van der Waals surface area (Å²) >= 11 is 0. The molecule has 0 aliphatic carbocycles. The highest BCUT2D eigenvalue weighted by Gasteiger charge is 2.15. The van der Waals surface area contributed by atoms with Crippen LogP contribution in [0.2, 0.25) is 0 Å². The Bertz CT molecular complexity index is 710. The zero-order chi connectivity index (χ0) is 14.9. The predicted molar refractivity (Wildman–Crippen MR) is 65.7 cm³/mol. The van der Waals surface area contributed by atoms with E-state index in [1.165, 1.54) is 0 Å². The van der Waals surface area contributed by atoms with E-state index in [4.69, 9.17) is 10.2 Å². The lowest BCUT2D eigenvalue weighted by molar-refractivity contribution is 0.0686. The van der Waals surface area contributed by atoms with E-state index in [2.05, 4.69) is 0 Å². The lowest BCUT2D eigenvalue weighted by atomic mass is 10.0. The molecule has 0 saturated carbocycles. The highest BCUT2D eigenvalue weighted by Crippen LogP contribution is 2.27. The molecule has 2 aromatic carbocycles. The van der Waals surface area contributed by atoms with E-state index in [1.54, 1.807) is 0 Å². The molecule has 0 saturated heterocycles. The fraction of sp³-hybridized carbons (Fsp3) is 0. The number of carbonyl (C=O) groups is 2. The number of rotatable bonds is 3. The van der Waals surface area contributed by atoms with Crippen LogP contribution in [-0.4, -0.2) is 22.2 Å². The summed E-state index contributed by atoms with van der Waals surface area (Å²) in [6.45, 7) is 0. The first kappa shape index (κ1) is 13.7. The summed E-state index contributed by atoms with van der Waals surface area (Å²) in [7, 11) is 0. The molecule has 2 N–H and O–H groups in total. The van der Waals surface area contributed by atoms with Gasteiger partial charge in [0.2, 0.25) is 0 Å². The van der Waals surface area contributed by atoms with Gasteiger partial charge in [-0.1, -0.05) is 6.07 Å². The van der Waals surface area contributed by atoms with Crippen LogP contribution in [-0.2, 0) is 0 Å². The van der Waals surface area contributed by atoms with Gasteiger partial charge in [0.05, 0.1) is 11.1 Å². The summed E-state index contributed by atoms with van der Waals surface area (Å²) in [5.74, 6) is -4.31. The second kappa shape index (κ2) is 5.08. The van der Waals surface area contributed by atoms with E-state index in [0.717, 1.165) is 36.4 Å². The first-order valence-corrected chi connectivity index (χ1v) is 5.46. The molecule has 0 heterocycles. The second-order valence-corrected chi connectivity index (χ2v) is 4.00. The van der Waals surface area contributed by atoms with Crippen molar-refractivity contribution in [1.82, 2.24) is 0 Å². The fourth-order valence-corrected chi connectivity index (χ4v) is 1.73. The van der Waals surface area contributed by atoms with Crippen LogP contribution in [0.1, 0.15) is 20.7 Å². The Morgan fingerprint density at radius 1 is 0.750 bits per heavy atom. The molecule has 2 rings (SSSR count). The Morgan fingerprint density at radius 3 is 1.85 bits per heavy atom. The Labute approximate surface area is 111 Å². The Balaban J connectivity index is 2.59. The maximum atomic E-state index is 13.8. The monoisotopic (exact) mass is 278 g/mol. The van der Waals surface area contributed by atoms with Crippen LogP contribution in [0.3, 0.4) is 0 Å². The smallest absolute Gasteiger partial charge is 0.335 e. The molecule has 0 radical (unpaired) electrons. The molecular weight excluding hydrogens is 270 g/mol. The van der Waals surface area contributed by atoms with Crippen LogP contribution in [0.15, 0.2) is 36.4 Å². The molecule has 4 nitrogen and oxygen atoms in total. The van der Waals surface area contributed by atoms with E-state index in [1.807, 2.05) is 0 Å². The summed E-state index contributed by atoms with van der Waals surface area (Å²) < 4.78 is 27.5. The molecular formula is C14H8F2O4. The highest BCUT2D eigenvalue weighted by atomic mass is 19.1. The third-order valence-corrected chi connectivity index (χ3v) is 2.72. The third kappa shape index (κ3) is 2.49. The van der Waals surface area contributed by atoms with E-state index >= 15 is 0 Å². The average molecular weight is 278 g/mol. The number of carboxylic acid groups (broad SMARTS) is 2. The predicted octanol–water partition coefficient (Wildman–Crippen LogP) is 3.03. The summed E-state index contributed by atoms with van der Waals surface area (Å²) in [5, 5.41) is 17.6. The minimum absolute atomic E-state index is 0.192. The average Bonchev–Trinajstić information content (AvgIpc) is 2.39. The van der Waals surface area contributed by atoms with Gasteiger partial charge < -0.3 is 10.2 Å². The molecule has 0 spiro atoms. The SMILES string of the molecule is O=C(O)c1ccc(-c2cc(C(=O)O)ccc2F)c(F)c1. The molecule has 0 bridgehead atoms. The van der Waals surface area contributed by atoms with Gasteiger partial charge in [-0.2, -0.15) is 0 Å². The molecule has 0 fully saturated rings. The van der Waals surface area contributed by atoms with Crippen LogP contribution in [0.25, 0.3) is 11.1 Å². The number of halogens is 2. The van der Waals surface area contributed by atoms with Crippen molar-refractivity contribution in [2.24, 2.45) is 0 Å². The van der Waals surface area contributed by atoms with Gasteiger partial charge in [-0.05, 0) is 30.3 Å². The first-order chi connectivity index (χ1) is 9.40. The van der Waals surface area contributed by atoms with E-state index in [9.17, 15) is 18.4 Å². The van der Waals surface area contributed by atoms with E-state index < -0.39 is 23.6 Å². The Kier molecular flexibility index (Phi) is 3.47. The van der Waals surface area contributed by atoms with Gasteiger partial charge in [-0.15, -0.1) is 0 Å². The molecule has 6 heteroatoms. The van der Waals surface area contributed by atoms with Crippen LogP contribution in [0.5, 0.6) is 0 Å². The molecule has 0 unspecified atom stereocenters. The number of hydrogen-bond acceptors (Lipinski definition) is 2. The van der Waals surface area contributed by atoms with Gasteiger partial charge >= 0.3 is 11.9 Å². The lowest BCUT2D eigenvalue weighted by Gasteiger charge is -2.07. The van der Waals surface area contributed by atoms with Crippen LogP contribution >= 0.6 is 0 Å². The largest absolute Gasteiger partial charge is 0.478 e. The quantitative estimate of drug-likeness (QED) is 0.905. The second-order valence-electron chi connectivity index (χ2n) is 4.00. The van der Waals surface area contributed by atoms with Crippen molar-refractivity contribution in [3.05, 3.63) is 59.2 Å². The van der Waals surface area contributed by atoms with Crippen molar-refractivity contribution in [2.45, 2.75) is 0 Å². The van der Waals surface area contributed by atoms with E-state index in [-0.39, 0.29) is 22.3 Å². The maximum Gasteiger partial charge on any atom is 0.335 e. The molecule has 0 atom stereocenters. The Hall–Kier alpha value is -2.76. The maximum absolute atomic E-state index is 13.8. The standard InChI is InChI=1S/C14H8F2O4/c15-11-4-2-7(13(17)18)5-10(11)9-3-1-8(14(19)20)6-12(9)16/h1-6H,(H,17,18)(H,19,20). The molecule has 0 aromatic heterocycles. The zero-order valence-corrected chi connectivity index (χ0v) is 9.93. The fourth-order valence-electron chi connectivity index (χ4n) is 1.73. The lowest BCUT2D eigenvalue weighted by Crippen LogP contribution is -2.00. The summed E-state index contributed by atoms with van der Waals surface area (Å²) in [5.41, 5.74) is -0.904. The van der Waals surface area contributed by atoms with Crippen molar-refractivity contribution in [1.29, 1.82) is 0 Å². The molecule has 0 aliphatic rings. The molecule has 20 heavy (non-hydrogen) atoms. The van der Waals surface area contributed by atoms with Gasteiger partial charge in [0.25, 0.3) is 0 Å². The number of benzene rings is 2. The Morgan fingerprint density at radius 2 is 1.30 bits per heavy atom. The van der Waals surface area contributed by atoms with Gasteiger partial charge in [-0.3, -0.25) is 0 Å². The molecule has 0 amide bonds. The normalized spacial score (nSPS) is 10.3. The number of aromatic carboxylic acids is 2. The van der Waals surface area contributed by atoms with Gasteiger partial charge in [0.1, 0.15) is 11.6 Å². The minimum Gasteiger partial charge on any atom is -0.478 e. The van der Waals surface area contributed by atoms with Gasteiger partial charge in [0, 0.05) is 11.1 Å².